The Morgan fingerprint density at radius 2 is 1.70 bits per heavy atom. The van der Waals surface area contributed by atoms with Crippen LogP contribution >= 0.6 is 0 Å². The molecule has 3 aromatic carbocycles. The Balaban J connectivity index is 1.32. The highest BCUT2D eigenvalue weighted by Crippen LogP contribution is 2.23. The topological polar surface area (TPSA) is 102 Å². The van der Waals surface area contributed by atoms with Gasteiger partial charge in [-0.2, -0.15) is 0 Å². The predicted molar refractivity (Wildman–Crippen MR) is 154 cm³/mol. The number of hydrogen-bond acceptors (Lipinski definition) is 6. The van der Waals surface area contributed by atoms with Crippen LogP contribution in [0.5, 0.6) is 5.75 Å². The van der Waals surface area contributed by atoms with E-state index < -0.39 is 12.0 Å². The minimum atomic E-state index is -0.986. The second-order valence-electron chi connectivity index (χ2n) is 9.62. The number of nitrogens with one attached hydrogen (secondary N) is 1. The van der Waals surface area contributed by atoms with Crippen molar-refractivity contribution < 1.29 is 23.8 Å². The van der Waals surface area contributed by atoms with Gasteiger partial charge in [0, 0.05) is 35.7 Å². The van der Waals surface area contributed by atoms with Gasteiger partial charge in [0.05, 0.1) is 12.3 Å². The summed E-state index contributed by atoms with van der Waals surface area (Å²) >= 11 is 0. The van der Waals surface area contributed by atoms with Crippen LogP contribution in [0.1, 0.15) is 46.3 Å². The van der Waals surface area contributed by atoms with E-state index in [1.807, 2.05) is 75.4 Å². The second-order valence-corrected chi connectivity index (χ2v) is 9.62. The fourth-order valence-corrected chi connectivity index (χ4v) is 4.22. The molecule has 4 aromatic rings. The molecule has 7 heteroatoms. The van der Waals surface area contributed by atoms with Gasteiger partial charge in [-0.05, 0) is 50.1 Å². The van der Waals surface area contributed by atoms with Crippen molar-refractivity contribution in [3.05, 3.63) is 119 Å². The molecule has 0 spiro atoms. The van der Waals surface area contributed by atoms with Crippen LogP contribution < -0.4 is 10.1 Å². The molecule has 1 atom stereocenters. The number of carboxylic acid groups (broad SMARTS) is 1. The zero-order chi connectivity index (χ0) is 28.5. The number of ketones is 1. The van der Waals surface area contributed by atoms with E-state index in [0.717, 1.165) is 22.6 Å². The number of aromatic nitrogens is 1. The van der Waals surface area contributed by atoms with Crippen molar-refractivity contribution in [3.8, 4) is 17.2 Å². The molecule has 4 rings (SSSR count). The molecular formula is C33H34N2O5. The molecular weight excluding hydrogens is 504 g/mol. The van der Waals surface area contributed by atoms with Crippen molar-refractivity contribution >= 4 is 11.8 Å². The maximum atomic E-state index is 12.5. The number of carbonyl (C=O) groups is 2. The summed E-state index contributed by atoms with van der Waals surface area (Å²) in [4.78, 5) is 29.2. The number of hydrogen-bond donors (Lipinski definition) is 2. The molecule has 1 unspecified atom stereocenters. The van der Waals surface area contributed by atoms with E-state index in [4.69, 9.17) is 9.15 Å². The van der Waals surface area contributed by atoms with E-state index in [2.05, 4.69) is 10.3 Å². The molecule has 1 aromatic heterocycles. The summed E-state index contributed by atoms with van der Waals surface area (Å²) in [6, 6.07) is 23.5. The van der Waals surface area contributed by atoms with Crippen molar-refractivity contribution in [2.75, 3.05) is 6.61 Å². The summed E-state index contributed by atoms with van der Waals surface area (Å²) in [6.07, 6.45) is 2.84. The van der Waals surface area contributed by atoms with Crippen LogP contribution in [0.2, 0.25) is 0 Å². The lowest BCUT2D eigenvalue weighted by Gasteiger charge is -2.18. The average Bonchev–Trinajstić information content (AvgIpc) is 3.33. The Morgan fingerprint density at radius 1 is 1.00 bits per heavy atom. The average molecular weight is 539 g/mol. The van der Waals surface area contributed by atoms with Crippen LogP contribution in [-0.4, -0.2) is 34.5 Å². The van der Waals surface area contributed by atoms with Crippen LogP contribution in [-0.2, 0) is 17.6 Å². The number of aryl methyl sites for hydroxylation is 2. The smallest absolute Gasteiger partial charge is 0.326 e. The summed E-state index contributed by atoms with van der Waals surface area (Å²) in [5.74, 6) is 0.908. The summed E-state index contributed by atoms with van der Waals surface area (Å²) in [5.41, 5.74) is 4.95. The van der Waals surface area contributed by atoms with Crippen molar-refractivity contribution in [1.82, 2.24) is 10.3 Å². The van der Waals surface area contributed by atoms with Gasteiger partial charge in [-0.25, -0.2) is 9.78 Å². The lowest BCUT2D eigenvalue weighted by Crippen LogP contribution is -2.38. The van der Waals surface area contributed by atoms with Crippen LogP contribution in [0.4, 0.5) is 0 Å². The maximum Gasteiger partial charge on any atom is 0.326 e. The van der Waals surface area contributed by atoms with Gasteiger partial charge in [0.25, 0.3) is 0 Å². The van der Waals surface area contributed by atoms with E-state index in [-0.39, 0.29) is 12.2 Å². The van der Waals surface area contributed by atoms with Gasteiger partial charge in [0.2, 0.25) is 5.89 Å². The summed E-state index contributed by atoms with van der Waals surface area (Å²) in [5, 5.41) is 12.8. The number of nitrogens with zero attached hydrogens (tertiary/aromatic N) is 1. The molecule has 0 bridgehead atoms. The van der Waals surface area contributed by atoms with Gasteiger partial charge >= 0.3 is 5.97 Å². The normalized spacial score (nSPS) is 12.1. The van der Waals surface area contributed by atoms with Crippen LogP contribution in [0.3, 0.4) is 0 Å². The highest BCUT2D eigenvalue weighted by Gasteiger charge is 2.19. The van der Waals surface area contributed by atoms with Gasteiger partial charge in [-0.15, -0.1) is 0 Å². The Kier molecular flexibility index (Phi) is 9.52. The van der Waals surface area contributed by atoms with E-state index in [1.54, 1.807) is 24.3 Å². The zero-order valence-corrected chi connectivity index (χ0v) is 23.0. The van der Waals surface area contributed by atoms with Crippen LogP contribution in [0.25, 0.3) is 11.5 Å². The number of ether oxygens (including phenoxy) is 1. The van der Waals surface area contributed by atoms with Gasteiger partial charge in [-0.3, -0.25) is 4.79 Å². The standard InChI is InChI=1S/C33H34N2O5/c1-4-27(21-31(36)25-8-6-5-7-9-25)34-30(33(37)38)20-24-12-16-28(17-13-24)39-19-18-29-23(3)40-32(35-29)26-14-10-22(2)11-15-26/h5-17,21,30,34H,4,18-20H2,1-3H3,(H,37,38)/b27-21-. The fourth-order valence-electron chi connectivity index (χ4n) is 4.22. The Hall–Kier alpha value is -4.65. The van der Waals surface area contributed by atoms with Gasteiger partial charge in [0.1, 0.15) is 17.6 Å². The zero-order valence-electron chi connectivity index (χ0n) is 23.0. The number of carboxylic acids is 1. The molecule has 0 aliphatic heterocycles. The minimum Gasteiger partial charge on any atom is -0.493 e. The molecule has 206 valence electrons. The first-order chi connectivity index (χ1) is 19.3. The fraction of sp³-hybridized carbons (Fsp3) is 0.242. The Morgan fingerprint density at radius 3 is 2.35 bits per heavy atom. The summed E-state index contributed by atoms with van der Waals surface area (Å²) in [7, 11) is 0. The largest absolute Gasteiger partial charge is 0.493 e. The van der Waals surface area contributed by atoms with E-state index in [1.165, 1.54) is 11.6 Å². The molecule has 2 N–H and O–H groups in total. The predicted octanol–water partition coefficient (Wildman–Crippen LogP) is 6.34. The van der Waals surface area contributed by atoms with Crippen molar-refractivity contribution in [3.63, 3.8) is 0 Å². The van der Waals surface area contributed by atoms with Gasteiger partial charge in [-0.1, -0.05) is 67.1 Å². The number of allylic oxidation sites excluding steroid dienone is 2. The highest BCUT2D eigenvalue weighted by atomic mass is 16.5. The van der Waals surface area contributed by atoms with E-state index >= 15 is 0 Å². The molecule has 7 nitrogen and oxygen atoms in total. The third-order valence-corrected chi connectivity index (χ3v) is 6.56. The molecule has 0 aliphatic rings. The molecule has 0 saturated heterocycles. The molecule has 0 amide bonds. The number of benzene rings is 3. The number of aliphatic carboxylic acids is 1. The minimum absolute atomic E-state index is 0.164. The summed E-state index contributed by atoms with van der Waals surface area (Å²) in [6.45, 7) is 6.25. The van der Waals surface area contributed by atoms with E-state index in [9.17, 15) is 14.7 Å². The molecule has 0 saturated carbocycles. The first-order valence-corrected chi connectivity index (χ1v) is 13.4. The lowest BCUT2D eigenvalue weighted by molar-refractivity contribution is -0.139. The van der Waals surface area contributed by atoms with Gasteiger partial charge < -0.3 is 19.6 Å². The molecule has 0 radical (unpaired) electrons. The first kappa shape index (κ1) is 28.4. The number of oxazole rings is 1. The Labute approximate surface area is 234 Å². The third kappa shape index (κ3) is 7.69. The number of carbonyl (C=O) groups excluding carboxylic acids is 1. The second kappa shape index (κ2) is 13.4. The lowest BCUT2D eigenvalue weighted by atomic mass is 10.0. The van der Waals surface area contributed by atoms with Crippen molar-refractivity contribution in [1.29, 1.82) is 0 Å². The molecule has 0 aliphatic carbocycles. The molecule has 1 heterocycles. The van der Waals surface area contributed by atoms with Gasteiger partial charge in [0.15, 0.2) is 5.78 Å². The number of rotatable bonds is 13. The third-order valence-electron chi connectivity index (χ3n) is 6.56. The first-order valence-electron chi connectivity index (χ1n) is 13.4. The molecule has 40 heavy (non-hydrogen) atoms. The monoisotopic (exact) mass is 538 g/mol. The summed E-state index contributed by atoms with van der Waals surface area (Å²) < 4.78 is 11.8. The SMILES string of the molecule is CC/C(=C/C(=O)c1ccccc1)NC(Cc1ccc(OCCc2nc(-c3ccc(C)cc3)oc2C)cc1)C(=O)O. The van der Waals surface area contributed by atoms with Crippen molar-refractivity contribution in [2.24, 2.45) is 0 Å². The van der Waals surface area contributed by atoms with Crippen LogP contribution in [0.15, 0.2) is 95.1 Å². The Bertz CT molecular complexity index is 1460. The maximum absolute atomic E-state index is 12.5. The molecule has 0 fully saturated rings. The van der Waals surface area contributed by atoms with E-state index in [0.29, 0.717) is 42.3 Å². The van der Waals surface area contributed by atoms with Crippen LogP contribution in [0, 0.1) is 13.8 Å². The van der Waals surface area contributed by atoms with Crippen molar-refractivity contribution in [2.45, 2.75) is 46.1 Å². The highest BCUT2D eigenvalue weighted by molar-refractivity contribution is 6.04. The quantitative estimate of drug-likeness (QED) is 0.151.